The highest BCUT2D eigenvalue weighted by molar-refractivity contribution is 6.30. The lowest BCUT2D eigenvalue weighted by molar-refractivity contribution is 0.152. The Morgan fingerprint density at radius 1 is 1.17 bits per heavy atom. The summed E-state index contributed by atoms with van der Waals surface area (Å²) in [5, 5.41) is 8.72. The topological polar surface area (TPSA) is 57.9 Å². The summed E-state index contributed by atoms with van der Waals surface area (Å²) in [6.45, 7) is 10.4. The van der Waals surface area contributed by atoms with Crippen molar-refractivity contribution in [2.75, 3.05) is 46.4 Å². The van der Waals surface area contributed by atoms with Crippen LogP contribution in [0.4, 0.5) is 0 Å². The molecule has 3 rings (SSSR count). The number of guanidine groups is 1. The number of ether oxygens (including phenoxy) is 1. The van der Waals surface area contributed by atoms with Crippen molar-refractivity contribution in [3.05, 3.63) is 46.2 Å². The number of halogens is 1. The van der Waals surface area contributed by atoms with Crippen LogP contribution in [0.15, 0.2) is 29.3 Å². The molecule has 1 N–H and O–H groups in total. The zero-order chi connectivity index (χ0) is 20.8. The van der Waals surface area contributed by atoms with Crippen LogP contribution in [0.25, 0.3) is 0 Å². The molecule has 0 bridgehead atoms. The summed E-state index contributed by atoms with van der Waals surface area (Å²) in [6, 6.07) is 7.51. The van der Waals surface area contributed by atoms with E-state index in [4.69, 9.17) is 16.3 Å². The van der Waals surface area contributed by atoms with Gasteiger partial charge in [-0.15, -0.1) is 0 Å². The number of aryl methyl sites for hydroxylation is 2. The molecule has 7 nitrogen and oxygen atoms in total. The third-order valence-corrected chi connectivity index (χ3v) is 5.71. The predicted molar refractivity (Wildman–Crippen MR) is 118 cm³/mol. The maximum absolute atomic E-state index is 5.90. The number of nitrogens with zero attached hydrogens (tertiary/aromatic N) is 5. The van der Waals surface area contributed by atoms with Gasteiger partial charge in [0.05, 0.1) is 5.69 Å². The molecule has 0 aliphatic carbocycles. The Labute approximate surface area is 178 Å². The normalized spacial score (nSPS) is 15.6. The molecule has 8 heteroatoms. The molecule has 0 atom stereocenters. The minimum Gasteiger partial charge on any atom is -0.492 e. The van der Waals surface area contributed by atoms with E-state index in [2.05, 4.69) is 39.1 Å². The minimum absolute atomic E-state index is 0.675. The third kappa shape index (κ3) is 5.64. The summed E-state index contributed by atoms with van der Waals surface area (Å²) < 4.78 is 7.74. The molecule has 1 aliphatic rings. The fourth-order valence-corrected chi connectivity index (χ4v) is 3.71. The van der Waals surface area contributed by atoms with Gasteiger partial charge in [0.25, 0.3) is 0 Å². The first-order valence-corrected chi connectivity index (χ1v) is 10.4. The third-order valence-electron chi connectivity index (χ3n) is 5.46. The first kappa shape index (κ1) is 21.5. The molecular formula is C21H31ClN6O. The van der Waals surface area contributed by atoms with Crippen LogP contribution in [0.1, 0.15) is 17.0 Å². The van der Waals surface area contributed by atoms with Crippen LogP contribution in [0.2, 0.25) is 5.02 Å². The smallest absolute Gasteiger partial charge is 0.194 e. The molecular weight excluding hydrogens is 388 g/mol. The largest absolute Gasteiger partial charge is 0.492 e. The van der Waals surface area contributed by atoms with Crippen molar-refractivity contribution in [3.63, 3.8) is 0 Å². The van der Waals surface area contributed by atoms with Crippen LogP contribution in [0.3, 0.4) is 0 Å². The first-order chi connectivity index (χ1) is 14.0. The Morgan fingerprint density at radius 2 is 1.86 bits per heavy atom. The van der Waals surface area contributed by atoms with Gasteiger partial charge in [-0.05, 0) is 38.1 Å². The van der Waals surface area contributed by atoms with E-state index >= 15 is 0 Å². The number of aliphatic imine (C=N–C) groups is 1. The highest BCUT2D eigenvalue weighted by Crippen LogP contribution is 2.15. The number of aromatic nitrogens is 2. The lowest BCUT2D eigenvalue weighted by Gasteiger charge is -2.36. The highest BCUT2D eigenvalue weighted by atomic mass is 35.5. The fourth-order valence-electron chi connectivity index (χ4n) is 3.58. The van der Waals surface area contributed by atoms with E-state index in [1.807, 2.05) is 43.0 Å². The van der Waals surface area contributed by atoms with Gasteiger partial charge in [0.15, 0.2) is 5.96 Å². The minimum atomic E-state index is 0.675. The quantitative estimate of drug-likeness (QED) is 0.577. The molecule has 0 radical (unpaired) electrons. The Bertz CT molecular complexity index is 824. The summed E-state index contributed by atoms with van der Waals surface area (Å²) in [5.41, 5.74) is 3.50. The second-order valence-corrected chi connectivity index (χ2v) is 7.74. The summed E-state index contributed by atoms with van der Waals surface area (Å²) in [4.78, 5) is 9.22. The van der Waals surface area contributed by atoms with Crippen molar-refractivity contribution in [1.82, 2.24) is 24.9 Å². The summed E-state index contributed by atoms with van der Waals surface area (Å²) >= 11 is 5.90. The van der Waals surface area contributed by atoms with Crippen LogP contribution in [-0.4, -0.2) is 71.9 Å². The van der Waals surface area contributed by atoms with Gasteiger partial charge in [0, 0.05) is 69.6 Å². The first-order valence-electron chi connectivity index (χ1n) is 10.0. The Hall–Kier alpha value is -2.25. The van der Waals surface area contributed by atoms with Crippen LogP contribution in [-0.2, 0) is 13.6 Å². The van der Waals surface area contributed by atoms with Crippen molar-refractivity contribution in [1.29, 1.82) is 0 Å². The molecule has 29 heavy (non-hydrogen) atoms. The zero-order valence-corrected chi connectivity index (χ0v) is 18.5. The monoisotopic (exact) mass is 418 g/mol. The van der Waals surface area contributed by atoms with E-state index in [1.165, 1.54) is 11.3 Å². The van der Waals surface area contributed by atoms with Gasteiger partial charge >= 0.3 is 0 Å². The van der Waals surface area contributed by atoms with E-state index in [0.717, 1.165) is 61.7 Å². The molecule has 0 saturated carbocycles. The second-order valence-electron chi connectivity index (χ2n) is 7.30. The van der Waals surface area contributed by atoms with Gasteiger partial charge in [-0.1, -0.05) is 11.6 Å². The average molecular weight is 419 g/mol. The van der Waals surface area contributed by atoms with Crippen molar-refractivity contribution in [2.24, 2.45) is 12.0 Å². The van der Waals surface area contributed by atoms with Gasteiger partial charge in [-0.25, -0.2) is 0 Å². The van der Waals surface area contributed by atoms with E-state index < -0.39 is 0 Å². The average Bonchev–Trinajstić information content (AvgIpc) is 2.96. The van der Waals surface area contributed by atoms with Crippen molar-refractivity contribution in [2.45, 2.75) is 20.4 Å². The van der Waals surface area contributed by atoms with E-state index in [9.17, 15) is 0 Å². The number of nitrogens with one attached hydrogen (secondary N) is 1. The predicted octanol–water partition coefficient (Wildman–Crippen LogP) is 2.46. The number of rotatable bonds is 6. The van der Waals surface area contributed by atoms with Gasteiger partial charge in [0.2, 0.25) is 0 Å². The van der Waals surface area contributed by atoms with Crippen LogP contribution in [0.5, 0.6) is 5.75 Å². The summed E-state index contributed by atoms with van der Waals surface area (Å²) in [6.07, 6.45) is 0. The SMILES string of the molecule is CN=C(NCc1c(C)nn(C)c1C)N1CCN(CCOc2ccc(Cl)cc2)CC1. The molecule has 1 saturated heterocycles. The molecule has 0 unspecified atom stereocenters. The lowest BCUT2D eigenvalue weighted by Crippen LogP contribution is -2.52. The molecule has 158 valence electrons. The summed E-state index contributed by atoms with van der Waals surface area (Å²) in [5.74, 6) is 1.81. The van der Waals surface area contributed by atoms with Gasteiger partial charge in [0.1, 0.15) is 12.4 Å². The molecule has 1 aromatic heterocycles. The molecule has 1 aliphatic heterocycles. The zero-order valence-electron chi connectivity index (χ0n) is 17.8. The van der Waals surface area contributed by atoms with E-state index in [1.54, 1.807) is 0 Å². The molecule has 0 spiro atoms. The van der Waals surface area contributed by atoms with Crippen LogP contribution >= 0.6 is 11.6 Å². The number of piperazine rings is 1. The molecule has 0 amide bonds. The summed E-state index contributed by atoms with van der Waals surface area (Å²) in [7, 11) is 3.83. The lowest BCUT2D eigenvalue weighted by atomic mass is 10.2. The van der Waals surface area contributed by atoms with Crippen molar-refractivity contribution >= 4 is 17.6 Å². The Kier molecular flexibility index (Phi) is 7.39. The second kappa shape index (κ2) is 9.98. The van der Waals surface area contributed by atoms with Crippen molar-refractivity contribution in [3.8, 4) is 5.75 Å². The molecule has 1 aromatic carbocycles. The standard InChI is InChI=1S/C21H31ClN6O/c1-16-20(17(2)26(4)25-16)15-24-21(23-3)28-11-9-27(10-12-28)13-14-29-19-7-5-18(22)6-8-19/h5-8H,9-15H2,1-4H3,(H,23,24). The van der Waals surface area contributed by atoms with Crippen molar-refractivity contribution < 1.29 is 4.74 Å². The molecule has 2 heterocycles. The van der Waals surface area contributed by atoms with E-state index in [-0.39, 0.29) is 0 Å². The number of hydrogen-bond donors (Lipinski definition) is 1. The van der Waals surface area contributed by atoms with E-state index in [0.29, 0.717) is 6.61 Å². The molecule has 2 aromatic rings. The van der Waals surface area contributed by atoms with Gasteiger partial charge in [-0.3, -0.25) is 14.6 Å². The Balaban J connectivity index is 1.42. The van der Waals surface area contributed by atoms with Crippen LogP contribution < -0.4 is 10.1 Å². The van der Waals surface area contributed by atoms with Gasteiger partial charge in [-0.2, -0.15) is 5.10 Å². The van der Waals surface area contributed by atoms with Gasteiger partial charge < -0.3 is 15.0 Å². The maximum atomic E-state index is 5.90. The number of hydrogen-bond acceptors (Lipinski definition) is 4. The van der Waals surface area contributed by atoms with Crippen LogP contribution in [0, 0.1) is 13.8 Å². The maximum Gasteiger partial charge on any atom is 0.194 e. The fraction of sp³-hybridized carbons (Fsp3) is 0.524. The molecule has 1 fully saturated rings. The highest BCUT2D eigenvalue weighted by Gasteiger charge is 2.20. The number of benzene rings is 1. The Morgan fingerprint density at radius 3 is 2.45 bits per heavy atom.